The zero-order valence-corrected chi connectivity index (χ0v) is 19.6. The Morgan fingerprint density at radius 3 is 2.63 bits per heavy atom. The number of amides is 1. The molecule has 35 heavy (non-hydrogen) atoms. The van der Waals surface area contributed by atoms with Crippen LogP contribution in [0.4, 0.5) is 0 Å². The highest BCUT2D eigenvalue weighted by Gasteiger charge is 2.46. The molecule has 5 heterocycles. The molecule has 174 valence electrons. The van der Waals surface area contributed by atoms with E-state index in [1.54, 1.807) is 11.8 Å². The molecule has 6 rings (SSSR count). The summed E-state index contributed by atoms with van der Waals surface area (Å²) in [5, 5.41) is 23.0. The van der Waals surface area contributed by atoms with Crippen LogP contribution in [0.25, 0.3) is 28.1 Å². The van der Waals surface area contributed by atoms with Crippen molar-refractivity contribution >= 4 is 22.6 Å². The Kier molecular flexibility index (Phi) is 4.71. The Morgan fingerprint density at radius 2 is 1.89 bits per heavy atom. The summed E-state index contributed by atoms with van der Waals surface area (Å²) >= 11 is 0. The van der Waals surface area contributed by atoms with Crippen molar-refractivity contribution in [2.24, 2.45) is 0 Å². The molecule has 0 spiro atoms. The van der Waals surface area contributed by atoms with E-state index in [4.69, 9.17) is 5.10 Å². The van der Waals surface area contributed by atoms with Crippen LogP contribution in [-0.4, -0.2) is 52.8 Å². The molecule has 0 bridgehead atoms. The first-order valence-corrected chi connectivity index (χ1v) is 11.6. The van der Waals surface area contributed by atoms with Crippen molar-refractivity contribution in [1.82, 2.24) is 33.8 Å². The van der Waals surface area contributed by atoms with Gasteiger partial charge >= 0.3 is 0 Å². The van der Waals surface area contributed by atoms with Gasteiger partial charge in [0.1, 0.15) is 17.1 Å². The fourth-order valence-corrected chi connectivity index (χ4v) is 5.09. The fraction of sp³-hybridized carbons (Fsp3) is 0.269. The predicted octanol–water partition coefficient (Wildman–Crippen LogP) is 3.38. The van der Waals surface area contributed by atoms with E-state index in [9.17, 15) is 10.1 Å². The standard InChI is InChI=1S/C26H24N8O/c1-18-28-29-25-9-8-22-24(34(18)25)14-23(32(22)15-20-6-4-3-5-7-20)21-10-13-33(30-21)26(11-12-27)16-31(17-26)19(2)35/h3-10,13-14H,11,15-17H2,1-2H3. The number of nitrogens with zero attached hydrogens (tertiary/aromatic N) is 8. The molecule has 1 aliphatic heterocycles. The van der Waals surface area contributed by atoms with E-state index in [1.165, 1.54) is 5.56 Å². The second kappa shape index (κ2) is 7.81. The van der Waals surface area contributed by atoms with Crippen molar-refractivity contribution in [2.45, 2.75) is 32.4 Å². The quantitative estimate of drug-likeness (QED) is 0.397. The highest BCUT2D eigenvalue weighted by Crippen LogP contribution is 2.35. The van der Waals surface area contributed by atoms with Gasteiger partial charge in [0.2, 0.25) is 5.91 Å². The highest BCUT2D eigenvalue weighted by molar-refractivity contribution is 5.86. The maximum Gasteiger partial charge on any atom is 0.219 e. The van der Waals surface area contributed by atoms with Gasteiger partial charge in [0.05, 0.1) is 29.2 Å². The Morgan fingerprint density at radius 1 is 1.09 bits per heavy atom. The average Bonchev–Trinajstić information content (AvgIpc) is 3.54. The number of hydrogen-bond donors (Lipinski definition) is 0. The van der Waals surface area contributed by atoms with Gasteiger partial charge in [-0.1, -0.05) is 30.3 Å². The van der Waals surface area contributed by atoms with Gasteiger partial charge in [-0.25, -0.2) is 0 Å². The van der Waals surface area contributed by atoms with Crippen LogP contribution in [0.15, 0.2) is 60.8 Å². The molecule has 4 aromatic heterocycles. The van der Waals surface area contributed by atoms with Gasteiger partial charge in [-0.05, 0) is 36.8 Å². The lowest BCUT2D eigenvalue weighted by Crippen LogP contribution is -2.63. The summed E-state index contributed by atoms with van der Waals surface area (Å²) in [4.78, 5) is 13.6. The van der Waals surface area contributed by atoms with Crippen molar-refractivity contribution in [3.63, 3.8) is 0 Å². The van der Waals surface area contributed by atoms with Crippen molar-refractivity contribution in [3.8, 4) is 17.5 Å². The molecule has 5 aromatic rings. The van der Waals surface area contributed by atoms with E-state index in [1.807, 2.05) is 48.1 Å². The molecule has 0 aliphatic carbocycles. The maximum atomic E-state index is 11.8. The molecule has 1 aliphatic rings. The van der Waals surface area contributed by atoms with Crippen molar-refractivity contribution < 1.29 is 4.79 Å². The molecule has 9 nitrogen and oxygen atoms in total. The Hall–Kier alpha value is -4.45. The van der Waals surface area contributed by atoms with Crippen LogP contribution < -0.4 is 0 Å². The van der Waals surface area contributed by atoms with Gasteiger partial charge in [0, 0.05) is 32.8 Å². The molecular formula is C26H24N8O. The third-order valence-electron chi connectivity index (χ3n) is 6.94. The van der Waals surface area contributed by atoms with Gasteiger partial charge < -0.3 is 9.47 Å². The molecular weight excluding hydrogens is 440 g/mol. The smallest absolute Gasteiger partial charge is 0.219 e. The number of fused-ring (bicyclic) bond motifs is 3. The lowest BCUT2D eigenvalue weighted by Gasteiger charge is -2.48. The van der Waals surface area contributed by atoms with Crippen LogP contribution in [0.3, 0.4) is 0 Å². The molecule has 9 heteroatoms. The van der Waals surface area contributed by atoms with E-state index in [0.717, 1.165) is 33.9 Å². The summed E-state index contributed by atoms with van der Waals surface area (Å²) in [5.41, 5.74) is 5.36. The summed E-state index contributed by atoms with van der Waals surface area (Å²) < 4.78 is 6.19. The lowest BCUT2D eigenvalue weighted by atomic mass is 9.87. The maximum absolute atomic E-state index is 11.8. The third kappa shape index (κ3) is 3.29. The first-order chi connectivity index (χ1) is 17.0. The van der Waals surface area contributed by atoms with E-state index < -0.39 is 5.54 Å². The Balaban J connectivity index is 1.49. The van der Waals surface area contributed by atoms with Crippen LogP contribution in [-0.2, 0) is 16.9 Å². The fourth-order valence-electron chi connectivity index (χ4n) is 5.09. The van der Waals surface area contributed by atoms with Crippen molar-refractivity contribution in [2.75, 3.05) is 13.1 Å². The van der Waals surface area contributed by atoms with Crippen LogP contribution >= 0.6 is 0 Å². The minimum absolute atomic E-state index is 0.0160. The van der Waals surface area contributed by atoms with Gasteiger partial charge in [0.15, 0.2) is 5.65 Å². The van der Waals surface area contributed by atoms with Crippen LogP contribution in [0.5, 0.6) is 0 Å². The van der Waals surface area contributed by atoms with E-state index in [-0.39, 0.29) is 5.91 Å². The van der Waals surface area contributed by atoms with Crippen LogP contribution in [0.2, 0.25) is 0 Å². The molecule has 1 amide bonds. The summed E-state index contributed by atoms with van der Waals surface area (Å²) in [6, 6.07) is 20.8. The van der Waals surface area contributed by atoms with E-state index in [0.29, 0.717) is 26.1 Å². The number of aromatic nitrogens is 6. The highest BCUT2D eigenvalue weighted by atomic mass is 16.2. The number of carbonyl (C=O) groups is 1. The molecule has 0 saturated carbocycles. The molecule has 1 fully saturated rings. The molecule has 0 N–H and O–H groups in total. The Labute approximate surface area is 201 Å². The summed E-state index contributed by atoms with van der Waals surface area (Å²) in [7, 11) is 0. The van der Waals surface area contributed by atoms with Crippen molar-refractivity contribution in [3.05, 3.63) is 72.2 Å². The van der Waals surface area contributed by atoms with Crippen LogP contribution in [0.1, 0.15) is 24.7 Å². The second-order valence-electron chi connectivity index (χ2n) is 9.23. The topological polar surface area (TPSA) is 97.0 Å². The number of pyridine rings is 1. The molecule has 0 unspecified atom stereocenters. The van der Waals surface area contributed by atoms with E-state index >= 15 is 0 Å². The number of carbonyl (C=O) groups excluding carboxylic acids is 1. The third-order valence-corrected chi connectivity index (χ3v) is 6.94. The number of hydrogen-bond acceptors (Lipinski definition) is 5. The monoisotopic (exact) mass is 464 g/mol. The number of likely N-dealkylation sites (tertiary alicyclic amines) is 1. The average molecular weight is 465 g/mol. The lowest BCUT2D eigenvalue weighted by molar-refractivity contribution is -0.140. The molecule has 1 aromatic carbocycles. The zero-order valence-electron chi connectivity index (χ0n) is 19.6. The van der Waals surface area contributed by atoms with Crippen LogP contribution in [0, 0.1) is 18.3 Å². The normalized spacial score (nSPS) is 14.8. The summed E-state index contributed by atoms with van der Waals surface area (Å²) in [6.45, 7) is 5.17. The number of nitriles is 1. The van der Waals surface area contributed by atoms with Gasteiger partial charge in [-0.2, -0.15) is 10.4 Å². The van der Waals surface area contributed by atoms with Gasteiger partial charge in [-0.15, -0.1) is 10.2 Å². The number of rotatable bonds is 5. The Bertz CT molecular complexity index is 1610. The summed E-state index contributed by atoms with van der Waals surface area (Å²) in [5.74, 6) is 0.841. The van der Waals surface area contributed by atoms with Gasteiger partial charge in [-0.3, -0.25) is 13.9 Å². The van der Waals surface area contributed by atoms with E-state index in [2.05, 4.69) is 49.5 Å². The van der Waals surface area contributed by atoms with Gasteiger partial charge in [0.25, 0.3) is 0 Å². The predicted molar refractivity (Wildman–Crippen MR) is 130 cm³/mol. The van der Waals surface area contributed by atoms with Crippen molar-refractivity contribution in [1.29, 1.82) is 5.26 Å². The minimum atomic E-state index is -0.493. The zero-order chi connectivity index (χ0) is 24.2. The number of aryl methyl sites for hydroxylation is 1. The summed E-state index contributed by atoms with van der Waals surface area (Å²) in [6.07, 6.45) is 2.22. The number of benzene rings is 1. The SMILES string of the molecule is CC(=O)N1CC(CC#N)(n2ccc(-c3cc4c(ccc5nnc(C)n54)n3Cc3ccccc3)n2)C1. The molecule has 0 atom stereocenters. The molecule has 0 radical (unpaired) electrons. The first kappa shape index (κ1) is 21.1. The minimum Gasteiger partial charge on any atom is -0.338 e. The first-order valence-electron chi connectivity index (χ1n) is 11.6. The molecule has 1 saturated heterocycles. The largest absolute Gasteiger partial charge is 0.338 e. The second-order valence-corrected chi connectivity index (χ2v) is 9.23.